The average molecular weight is 329 g/mol. The number of fused-ring (bicyclic) bond motifs is 1. The third-order valence-corrected chi connectivity index (χ3v) is 4.68. The van der Waals surface area contributed by atoms with Crippen molar-refractivity contribution < 1.29 is 13.9 Å². The maximum Gasteiger partial charge on any atom is 0.336 e. The molecule has 1 aliphatic heterocycles. The lowest BCUT2D eigenvalue weighted by molar-refractivity contribution is -0.134. The highest BCUT2D eigenvalue weighted by Gasteiger charge is 2.20. The number of hydrogen-bond acceptors (Lipinski definition) is 4. The molecule has 1 fully saturated rings. The number of nitrogens with zero attached hydrogens (tertiary/aromatic N) is 1. The van der Waals surface area contributed by atoms with Gasteiger partial charge in [0.1, 0.15) is 11.3 Å². The Morgan fingerprint density at radius 3 is 2.75 bits per heavy atom. The Morgan fingerprint density at radius 1 is 1.29 bits per heavy atom. The van der Waals surface area contributed by atoms with Gasteiger partial charge in [0.15, 0.2) is 6.61 Å². The lowest BCUT2D eigenvalue weighted by atomic mass is 9.99. The van der Waals surface area contributed by atoms with Gasteiger partial charge in [-0.2, -0.15) is 0 Å². The molecule has 1 aromatic heterocycles. The van der Waals surface area contributed by atoms with Crippen molar-refractivity contribution in [3.05, 3.63) is 40.2 Å². The van der Waals surface area contributed by atoms with Crippen LogP contribution in [-0.4, -0.2) is 30.5 Å². The lowest BCUT2D eigenvalue weighted by Gasteiger charge is -2.30. The van der Waals surface area contributed by atoms with E-state index in [-0.39, 0.29) is 18.1 Å². The summed E-state index contributed by atoms with van der Waals surface area (Å²) < 4.78 is 10.9. The maximum absolute atomic E-state index is 12.2. The Balaban J connectivity index is 1.69. The molecule has 2 heterocycles. The van der Waals surface area contributed by atoms with Crippen molar-refractivity contribution in [3.63, 3.8) is 0 Å². The summed E-state index contributed by atoms with van der Waals surface area (Å²) in [7, 11) is 0. The van der Waals surface area contributed by atoms with Gasteiger partial charge in [0, 0.05) is 30.6 Å². The third kappa shape index (κ3) is 3.61. The number of carbonyl (C=O) groups excluding carboxylic acids is 1. The molecule has 0 radical (unpaired) electrons. The van der Waals surface area contributed by atoms with Gasteiger partial charge in [0.2, 0.25) is 0 Å². The fourth-order valence-corrected chi connectivity index (χ4v) is 3.09. The molecule has 0 unspecified atom stereocenters. The minimum absolute atomic E-state index is 0.00533. The molecule has 1 aromatic carbocycles. The van der Waals surface area contributed by atoms with E-state index in [9.17, 15) is 9.59 Å². The van der Waals surface area contributed by atoms with Gasteiger partial charge in [-0.3, -0.25) is 4.79 Å². The normalized spacial score (nSPS) is 15.7. The van der Waals surface area contributed by atoms with Crippen molar-refractivity contribution in [2.75, 3.05) is 19.7 Å². The summed E-state index contributed by atoms with van der Waals surface area (Å²) in [4.78, 5) is 25.7. The Morgan fingerprint density at radius 2 is 2.04 bits per heavy atom. The summed E-state index contributed by atoms with van der Waals surface area (Å²) in [5, 5.41) is 0.904. The van der Waals surface area contributed by atoms with Crippen LogP contribution < -0.4 is 10.4 Å². The zero-order valence-electron chi connectivity index (χ0n) is 14.2. The molecule has 5 heteroatoms. The van der Waals surface area contributed by atoms with E-state index in [4.69, 9.17) is 9.15 Å². The molecule has 128 valence electrons. The average Bonchev–Trinajstić information content (AvgIpc) is 2.59. The standard InChI is InChI=1S/C19H23NO4/c1-3-14-10-19(22)24-17-11-15(4-5-16(14)17)23-12-18(21)20-8-6-13(2)7-9-20/h4-5,10-11,13H,3,6-9,12H2,1-2H3. The molecule has 3 rings (SSSR count). The minimum atomic E-state index is -0.366. The Hall–Kier alpha value is -2.30. The van der Waals surface area contributed by atoms with E-state index in [0.29, 0.717) is 17.3 Å². The molecule has 1 aliphatic rings. The first kappa shape index (κ1) is 16.6. The van der Waals surface area contributed by atoms with Crippen LogP contribution in [0.4, 0.5) is 0 Å². The Kier molecular flexibility index (Phi) is 4.88. The van der Waals surface area contributed by atoms with E-state index in [2.05, 4.69) is 6.92 Å². The molecule has 0 saturated carbocycles. The van der Waals surface area contributed by atoms with Gasteiger partial charge >= 0.3 is 5.63 Å². The molecule has 1 amide bonds. The molecular weight excluding hydrogens is 306 g/mol. The number of ether oxygens (including phenoxy) is 1. The van der Waals surface area contributed by atoms with Gasteiger partial charge in [0.05, 0.1) is 0 Å². The predicted molar refractivity (Wildman–Crippen MR) is 92.3 cm³/mol. The highest BCUT2D eigenvalue weighted by Crippen LogP contribution is 2.23. The first-order chi connectivity index (χ1) is 11.6. The van der Waals surface area contributed by atoms with Gasteiger partial charge in [-0.05, 0) is 42.9 Å². The number of likely N-dealkylation sites (tertiary alicyclic amines) is 1. The number of carbonyl (C=O) groups is 1. The fourth-order valence-electron chi connectivity index (χ4n) is 3.09. The van der Waals surface area contributed by atoms with E-state index in [1.165, 1.54) is 6.07 Å². The molecule has 0 atom stereocenters. The molecule has 0 N–H and O–H groups in total. The zero-order valence-corrected chi connectivity index (χ0v) is 14.2. The van der Waals surface area contributed by atoms with Gasteiger partial charge in [-0.25, -0.2) is 4.79 Å². The molecule has 0 spiro atoms. The number of hydrogen-bond donors (Lipinski definition) is 0. The van der Waals surface area contributed by atoms with Crippen LogP contribution in [-0.2, 0) is 11.2 Å². The smallest absolute Gasteiger partial charge is 0.336 e. The van der Waals surface area contributed by atoms with Crippen molar-refractivity contribution in [2.45, 2.75) is 33.1 Å². The largest absolute Gasteiger partial charge is 0.484 e. The van der Waals surface area contributed by atoms with Crippen LogP contribution in [0.15, 0.2) is 33.5 Å². The second-order valence-corrected chi connectivity index (χ2v) is 6.45. The van der Waals surface area contributed by atoms with E-state index < -0.39 is 0 Å². The van der Waals surface area contributed by atoms with Crippen molar-refractivity contribution in [3.8, 4) is 5.75 Å². The number of rotatable bonds is 4. The van der Waals surface area contributed by atoms with Crippen molar-refractivity contribution in [1.29, 1.82) is 0 Å². The van der Waals surface area contributed by atoms with Crippen LogP contribution in [0.25, 0.3) is 11.0 Å². The summed E-state index contributed by atoms with van der Waals surface area (Å²) >= 11 is 0. The minimum Gasteiger partial charge on any atom is -0.484 e. The molecular formula is C19H23NO4. The Bertz CT molecular complexity index is 788. The quantitative estimate of drug-likeness (QED) is 0.809. The molecule has 5 nitrogen and oxygen atoms in total. The van der Waals surface area contributed by atoms with Gasteiger partial charge in [-0.1, -0.05) is 13.8 Å². The molecule has 1 saturated heterocycles. The number of benzene rings is 1. The topological polar surface area (TPSA) is 59.8 Å². The first-order valence-corrected chi connectivity index (χ1v) is 8.54. The first-order valence-electron chi connectivity index (χ1n) is 8.54. The van der Waals surface area contributed by atoms with Crippen molar-refractivity contribution in [2.24, 2.45) is 5.92 Å². The molecule has 24 heavy (non-hydrogen) atoms. The highest BCUT2D eigenvalue weighted by molar-refractivity contribution is 5.82. The third-order valence-electron chi connectivity index (χ3n) is 4.68. The maximum atomic E-state index is 12.2. The number of aryl methyl sites for hydroxylation is 1. The van der Waals surface area contributed by atoms with Crippen molar-refractivity contribution >= 4 is 16.9 Å². The van der Waals surface area contributed by atoms with Crippen LogP contribution in [0.1, 0.15) is 32.3 Å². The van der Waals surface area contributed by atoms with Crippen LogP contribution in [0.2, 0.25) is 0 Å². The monoisotopic (exact) mass is 329 g/mol. The van der Waals surface area contributed by atoms with Crippen LogP contribution >= 0.6 is 0 Å². The number of piperidine rings is 1. The van der Waals surface area contributed by atoms with Gasteiger partial charge in [-0.15, -0.1) is 0 Å². The van der Waals surface area contributed by atoms with Crippen LogP contribution in [0.3, 0.4) is 0 Å². The summed E-state index contributed by atoms with van der Waals surface area (Å²) in [6, 6.07) is 6.89. The predicted octanol–water partition coefficient (Wildman–Crippen LogP) is 2.99. The van der Waals surface area contributed by atoms with Gasteiger partial charge in [0.25, 0.3) is 5.91 Å². The van der Waals surface area contributed by atoms with Crippen LogP contribution in [0.5, 0.6) is 5.75 Å². The summed E-state index contributed by atoms with van der Waals surface area (Å²) in [6.07, 6.45) is 2.85. The van der Waals surface area contributed by atoms with Crippen molar-refractivity contribution in [1.82, 2.24) is 4.90 Å². The summed E-state index contributed by atoms with van der Waals surface area (Å²) in [6.45, 7) is 5.83. The second kappa shape index (κ2) is 7.07. The summed E-state index contributed by atoms with van der Waals surface area (Å²) in [5.74, 6) is 1.23. The van der Waals surface area contributed by atoms with E-state index in [0.717, 1.165) is 43.3 Å². The fraction of sp³-hybridized carbons (Fsp3) is 0.474. The number of amides is 1. The summed E-state index contributed by atoms with van der Waals surface area (Å²) in [5.41, 5.74) is 1.08. The van der Waals surface area contributed by atoms with E-state index in [1.807, 2.05) is 24.0 Å². The van der Waals surface area contributed by atoms with Crippen LogP contribution in [0, 0.1) is 5.92 Å². The van der Waals surface area contributed by atoms with E-state index in [1.54, 1.807) is 6.07 Å². The second-order valence-electron chi connectivity index (χ2n) is 6.45. The zero-order chi connectivity index (χ0) is 17.1. The molecule has 0 aliphatic carbocycles. The lowest BCUT2D eigenvalue weighted by Crippen LogP contribution is -2.40. The van der Waals surface area contributed by atoms with Gasteiger partial charge < -0.3 is 14.1 Å². The molecule has 0 bridgehead atoms. The SMILES string of the molecule is CCc1cc(=O)oc2cc(OCC(=O)N3CCC(C)CC3)ccc12. The van der Waals surface area contributed by atoms with E-state index >= 15 is 0 Å². The Labute approximate surface area is 141 Å². The molecule has 2 aromatic rings. The highest BCUT2D eigenvalue weighted by atomic mass is 16.5.